The van der Waals surface area contributed by atoms with Crippen molar-refractivity contribution in [1.82, 2.24) is 0 Å². The van der Waals surface area contributed by atoms with Gasteiger partial charge in [-0.2, -0.15) is 13.2 Å². The molecule has 0 saturated heterocycles. The molecule has 0 heterocycles. The smallest absolute Gasteiger partial charge is 0.392 e. The van der Waals surface area contributed by atoms with E-state index in [9.17, 15) is 13.2 Å². The molecule has 96 valence electrons. The zero-order valence-electron chi connectivity index (χ0n) is 10.1. The van der Waals surface area contributed by atoms with Gasteiger partial charge < -0.3 is 4.74 Å². The Morgan fingerprint density at radius 3 is 2.24 bits per heavy atom. The molecule has 1 unspecified atom stereocenters. The second-order valence-electron chi connectivity index (χ2n) is 4.09. The van der Waals surface area contributed by atoms with Crippen LogP contribution in [0.5, 0.6) is 5.75 Å². The van der Waals surface area contributed by atoms with Crippen molar-refractivity contribution in [3.63, 3.8) is 0 Å². The predicted molar refractivity (Wildman–Crippen MR) is 61.3 cm³/mol. The minimum absolute atomic E-state index is 0.327. The third-order valence-electron chi connectivity index (χ3n) is 2.72. The lowest BCUT2D eigenvalue weighted by molar-refractivity contribution is -0.139. The van der Waals surface area contributed by atoms with E-state index in [1.54, 1.807) is 12.1 Å². The topological polar surface area (TPSA) is 9.23 Å². The van der Waals surface area contributed by atoms with Gasteiger partial charge >= 0.3 is 6.18 Å². The van der Waals surface area contributed by atoms with Crippen LogP contribution >= 0.6 is 0 Å². The quantitative estimate of drug-likeness (QED) is 0.741. The molecule has 0 spiro atoms. The number of benzene rings is 1. The highest BCUT2D eigenvalue weighted by Crippen LogP contribution is 2.23. The van der Waals surface area contributed by atoms with E-state index in [2.05, 4.69) is 13.8 Å². The monoisotopic (exact) mass is 246 g/mol. The van der Waals surface area contributed by atoms with E-state index in [4.69, 9.17) is 4.74 Å². The molecule has 1 aromatic carbocycles. The Kier molecular flexibility index (Phi) is 4.85. The van der Waals surface area contributed by atoms with Gasteiger partial charge in [-0.15, -0.1) is 0 Å². The van der Waals surface area contributed by atoms with Crippen LogP contribution in [0.3, 0.4) is 0 Å². The zero-order valence-corrected chi connectivity index (χ0v) is 10.1. The molecule has 0 aliphatic heterocycles. The van der Waals surface area contributed by atoms with Crippen molar-refractivity contribution in [1.29, 1.82) is 0 Å². The maximum Gasteiger partial charge on any atom is 0.392 e. The third kappa shape index (κ3) is 5.11. The largest absolute Gasteiger partial charge is 0.493 e. The van der Waals surface area contributed by atoms with Crippen molar-refractivity contribution in [3.05, 3.63) is 29.8 Å². The van der Waals surface area contributed by atoms with E-state index in [1.807, 2.05) is 12.1 Å². The van der Waals surface area contributed by atoms with E-state index in [0.717, 1.165) is 6.42 Å². The van der Waals surface area contributed by atoms with Crippen molar-refractivity contribution in [3.8, 4) is 5.75 Å². The molecule has 1 nitrogen and oxygen atoms in total. The number of hydrogen-bond donors (Lipinski definition) is 0. The Bertz CT molecular complexity index is 330. The number of ether oxygens (including phenoxy) is 1. The van der Waals surface area contributed by atoms with Crippen molar-refractivity contribution >= 4 is 0 Å². The maximum atomic E-state index is 11.9. The van der Waals surface area contributed by atoms with Crippen LogP contribution < -0.4 is 4.74 Å². The van der Waals surface area contributed by atoms with Crippen LogP contribution in [0.2, 0.25) is 0 Å². The lowest BCUT2D eigenvalue weighted by atomic mass is 9.99. The molecule has 0 aliphatic rings. The van der Waals surface area contributed by atoms with Gasteiger partial charge in [0.15, 0.2) is 0 Å². The number of rotatable bonds is 5. The SMILES string of the molecule is CCC(C)c1ccc(OCCC(F)(F)F)cc1. The van der Waals surface area contributed by atoms with Gasteiger partial charge in [-0.05, 0) is 30.0 Å². The normalized spacial score (nSPS) is 13.5. The lowest BCUT2D eigenvalue weighted by Crippen LogP contribution is -2.13. The molecular formula is C13H17F3O. The molecule has 0 bridgehead atoms. The average molecular weight is 246 g/mol. The fourth-order valence-electron chi connectivity index (χ4n) is 1.41. The van der Waals surface area contributed by atoms with Crippen LogP contribution in [0.1, 0.15) is 38.2 Å². The lowest BCUT2D eigenvalue weighted by Gasteiger charge is -2.11. The summed E-state index contributed by atoms with van der Waals surface area (Å²) in [7, 11) is 0. The molecule has 0 fully saturated rings. The van der Waals surface area contributed by atoms with E-state index >= 15 is 0 Å². The first-order valence-electron chi connectivity index (χ1n) is 5.72. The molecule has 4 heteroatoms. The van der Waals surface area contributed by atoms with E-state index in [0.29, 0.717) is 11.7 Å². The third-order valence-corrected chi connectivity index (χ3v) is 2.72. The van der Waals surface area contributed by atoms with Gasteiger partial charge in [0.25, 0.3) is 0 Å². The summed E-state index contributed by atoms with van der Waals surface area (Å²) in [6.45, 7) is 3.88. The van der Waals surface area contributed by atoms with Crippen molar-refractivity contribution < 1.29 is 17.9 Å². The van der Waals surface area contributed by atoms with Gasteiger partial charge in [0.05, 0.1) is 13.0 Å². The Morgan fingerprint density at radius 2 is 1.76 bits per heavy atom. The Labute approximate surface area is 99.6 Å². The second-order valence-corrected chi connectivity index (χ2v) is 4.09. The van der Waals surface area contributed by atoms with Crippen molar-refractivity contribution in [2.45, 2.75) is 38.8 Å². The van der Waals surface area contributed by atoms with Gasteiger partial charge in [-0.3, -0.25) is 0 Å². The summed E-state index contributed by atoms with van der Waals surface area (Å²) in [6, 6.07) is 7.24. The summed E-state index contributed by atoms with van der Waals surface area (Å²) in [4.78, 5) is 0. The molecule has 0 radical (unpaired) electrons. The summed E-state index contributed by atoms with van der Waals surface area (Å²) >= 11 is 0. The van der Waals surface area contributed by atoms with Gasteiger partial charge in [-0.25, -0.2) is 0 Å². The summed E-state index contributed by atoms with van der Waals surface area (Å²) in [6.07, 6.45) is -4.04. The molecule has 17 heavy (non-hydrogen) atoms. The second kappa shape index (κ2) is 5.94. The molecule has 0 N–H and O–H groups in total. The van der Waals surface area contributed by atoms with Crippen LogP contribution in [0.25, 0.3) is 0 Å². The predicted octanol–water partition coefficient (Wildman–Crippen LogP) is 4.53. The molecule has 1 aromatic rings. The van der Waals surface area contributed by atoms with Crippen LogP contribution in [0.4, 0.5) is 13.2 Å². The molecule has 0 aliphatic carbocycles. The van der Waals surface area contributed by atoms with E-state index in [-0.39, 0.29) is 6.61 Å². The summed E-state index contributed by atoms with van der Waals surface area (Å²) in [5.41, 5.74) is 1.18. The molecule has 0 saturated carbocycles. The molecule has 1 atom stereocenters. The molecule has 0 amide bonds. The maximum absolute atomic E-state index is 11.9. The number of halogens is 3. The summed E-state index contributed by atoms with van der Waals surface area (Å²) < 4.78 is 40.7. The van der Waals surface area contributed by atoms with E-state index < -0.39 is 12.6 Å². The van der Waals surface area contributed by atoms with Gasteiger partial charge in [0.2, 0.25) is 0 Å². The number of alkyl halides is 3. The molecule has 0 aromatic heterocycles. The van der Waals surface area contributed by atoms with Crippen LogP contribution in [-0.2, 0) is 0 Å². The van der Waals surface area contributed by atoms with Crippen molar-refractivity contribution in [2.75, 3.05) is 6.61 Å². The van der Waals surface area contributed by atoms with E-state index in [1.165, 1.54) is 5.56 Å². The summed E-state index contributed by atoms with van der Waals surface area (Å²) in [5, 5.41) is 0. The number of hydrogen-bond acceptors (Lipinski definition) is 1. The fourth-order valence-corrected chi connectivity index (χ4v) is 1.41. The Balaban J connectivity index is 2.46. The van der Waals surface area contributed by atoms with Crippen LogP contribution in [-0.4, -0.2) is 12.8 Å². The van der Waals surface area contributed by atoms with Gasteiger partial charge in [0, 0.05) is 0 Å². The van der Waals surface area contributed by atoms with Crippen LogP contribution in [0, 0.1) is 0 Å². The highest BCUT2D eigenvalue weighted by Gasteiger charge is 2.26. The highest BCUT2D eigenvalue weighted by atomic mass is 19.4. The molecular weight excluding hydrogens is 229 g/mol. The standard InChI is InChI=1S/C13H17F3O/c1-3-10(2)11-4-6-12(7-5-11)17-9-8-13(14,15)16/h4-7,10H,3,8-9H2,1-2H3. The molecule has 1 rings (SSSR count). The minimum atomic E-state index is -4.16. The van der Waals surface area contributed by atoms with Gasteiger partial charge in [0.1, 0.15) is 5.75 Å². The fraction of sp³-hybridized carbons (Fsp3) is 0.538. The van der Waals surface area contributed by atoms with Crippen molar-refractivity contribution in [2.24, 2.45) is 0 Å². The first-order valence-corrected chi connectivity index (χ1v) is 5.72. The summed E-state index contributed by atoms with van der Waals surface area (Å²) in [5.74, 6) is 0.945. The first kappa shape index (κ1) is 13.9. The first-order chi connectivity index (χ1) is 7.92. The Hall–Kier alpha value is -1.19. The zero-order chi connectivity index (χ0) is 12.9. The highest BCUT2D eigenvalue weighted by molar-refractivity contribution is 5.29. The average Bonchev–Trinajstić information content (AvgIpc) is 2.27. The Morgan fingerprint density at radius 1 is 1.18 bits per heavy atom. The minimum Gasteiger partial charge on any atom is -0.493 e. The van der Waals surface area contributed by atoms with Crippen LogP contribution in [0.15, 0.2) is 24.3 Å². The van der Waals surface area contributed by atoms with Gasteiger partial charge in [-0.1, -0.05) is 26.0 Å².